The van der Waals surface area contributed by atoms with Crippen molar-refractivity contribution in [1.82, 2.24) is 15.0 Å². The summed E-state index contributed by atoms with van der Waals surface area (Å²) < 4.78 is 9.49. The van der Waals surface area contributed by atoms with Crippen LogP contribution in [-0.2, 0) is 39.4 Å². The zero-order chi connectivity index (χ0) is 29.8. The number of amides is 2. The number of benzene rings is 2. The van der Waals surface area contributed by atoms with Crippen molar-refractivity contribution in [1.29, 1.82) is 0 Å². The molecular formula is C30H36BrN5O5Si. The van der Waals surface area contributed by atoms with Gasteiger partial charge in [-0.2, -0.15) is 0 Å². The van der Waals surface area contributed by atoms with Gasteiger partial charge in [0.05, 0.1) is 24.0 Å². The number of carbonyl (C=O) groups is 2. The predicted molar refractivity (Wildman–Crippen MR) is 163 cm³/mol. The Morgan fingerprint density at radius 1 is 1.17 bits per heavy atom. The van der Waals surface area contributed by atoms with E-state index < -0.39 is 13.9 Å². The molecule has 3 aromatic rings. The number of β-lactam (4-membered cyclic amide) rings is 1. The second kappa shape index (κ2) is 11.0. The third-order valence-corrected chi connectivity index (χ3v) is 12.0. The molecule has 6 rings (SSSR count). The van der Waals surface area contributed by atoms with Gasteiger partial charge in [-0.25, -0.2) is 0 Å². The molecule has 4 heterocycles. The van der Waals surface area contributed by atoms with Gasteiger partial charge in [-0.15, -0.1) is 5.10 Å². The Kier molecular flexibility index (Phi) is 7.63. The van der Waals surface area contributed by atoms with E-state index in [1.165, 1.54) is 0 Å². The summed E-state index contributed by atoms with van der Waals surface area (Å²) in [5.41, 5.74) is 2.73. The number of hydrogen-bond acceptors (Lipinski definition) is 7. The molecule has 4 atom stereocenters. The van der Waals surface area contributed by atoms with Gasteiger partial charge < -0.3 is 24.4 Å². The number of aryl methyl sites for hydroxylation is 1. The van der Waals surface area contributed by atoms with Crippen LogP contribution in [0.1, 0.15) is 36.6 Å². The van der Waals surface area contributed by atoms with Crippen molar-refractivity contribution in [2.24, 2.45) is 5.92 Å². The summed E-state index contributed by atoms with van der Waals surface area (Å²) in [6.07, 6.45) is 3.03. The summed E-state index contributed by atoms with van der Waals surface area (Å²) in [6, 6.07) is 13.7. The molecule has 1 spiro atoms. The SMILES string of the molecule is C[C@H]1[C@H]([Si](C)(C)O)[C@@H](CCn2cc(CCO)nn2)O[C@]12C(=O)N(Cc1ccc(N3CCC3=O)cc1)c1ccc(Br)cc12. The molecular weight excluding hydrogens is 618 g/mol. The topological polar surface area (TPSA) is 121 Å². The lowest BCUT2D eigenvalue weighted by Crippen LogP contribution is -2.46. The molecule has 42 heavy (non-hydrogen) atoms. The van der Waals surface area contributed by atoms with E-state index >= 15 is 0 Å². The molecule has 10 nitrogen and oxygen atoms in total. The third kappa shape index (κ3) is 4.92. The number of aliphatic hydroxyl groups is 1. The smallest absolute Gasteiger partial charge is 0.264 e. The van der Waals surface area contributed by atoms with Gasteiger partial charge in [0.2, 0.25) is 5.91 Å². The van der Waals surface area contributed by atoms with Crippen molar-refractivity contribution in [2.75, 3.05) is 23.0 Å². The molecule has 0 saturated carbocycles. The van der Waals surface area contributed by atoms with Gasteiger partial charge in [0.1, 0.15) is 0 Å². The molecule has 2 amide bonds. The van der Waals surface area contributed by atoms with E-state index in [-0.39, 0.29) is 36.0 Å². The number of ether oxygens (including phenoxy) is 1. The lowest BCUT2D eigenvalue weighted by molar-refractivity contribution is -0.146. The molecule has 12 heteroatoms. The van der Waals surface area contributed by atoms with Gasteiger partial charge in [-0.05, 0) is 55.4 Å². The van der Waals surface area contributed by atoms with Gasteiger partial charge in [0.25, 0.3) is 5.91 Å². The molecule has 0 bridgehead atoms. The average molecular weight is 655 g/mol. The fourth-order valence-corrected chi connectivity index (χ4v) is 9.93. The molecule has 2 saturated heterocycles. The first-order chi connectivity index (χ1) is 20.0. The maximum atomic E-state index is 14.6. The largest absolute Gasteiger partial charge is 0.432 e. The van der Waals surface area contributed by atoms with E-state index in [2.05, 4.69) is 26.2 Å². The Labute approximate surface area is 254 Å². The second-order valence-electron chi connectivity index (χ2n) is 12.1. The molecule has 2 aromatic carbocycles. The van der Waals surface area contributed by atoms with Crippen LogP contribution in [0, 0.1) is 5.92 Å². The quantitative estimate of drug-likeness (QED) is 0.267. The number of nitrogens with zero attached hydrogens (tertiary/aromatic N) is 5. The summed E-state index contributed by atoms with van der Waals surface area (Å²) in [7, 11) is -2.79. The highest BCUT2D eigenvalue weighted by Gasteiger charge is 2.66. The first-order valence-electron chi connectivity index (χ1n) is 14.4. The van der Waals surface area contributed by atoms with Crippen LogP contribution < -0.4 is 9.80 Å². The van der Waals surface area contributed by atoms with E-state index in [0.717, 1.165) is 33.5 Å². The normalized spacial score (nSPS) is 25.4. The molecule has 0 unspecified atom stereocenters. The minimum Gasteiger partial charge on any atom is -0.432 e. The Bertz CT molecular complexity index is 1510. The zero-order valence-electron chi connectivity index (χ0n) is 24.0. The summed E-state index contributed by atoms with van der Waals surface area (Å²) in [5.74, 6) is -0.262. The minimum atomic E-state index is -2.79. The van der Waals surface area contributed by atoms with E-state index in [0.29, 0.717) is 38.0 Å². The monoisotopic (exact) mass is 653 g/mol. The number of halogens is 1. The van der Waals surface area contributed by atoms with Crippen molar-refractivity contribution in [3.8, 4) is 0 Å². The minimum absolute atomic E-state index is 0.00663. The molecule has 2 fully saturated rings. The molecule has 1 aromatic heterocycles. The van der Waals surface area contributed by atoms with Crippen LogP contribution in [0.5, 0.6) is 0 Å². The van der Waals surface area contributed by atoms with Crippen LogP contribution >= 0.6 is 15.9 Å². The Balaban J connectivity index is 1.31. The molecule has 3 aliphatic heterocycles. The number of anilines is 2. The van der Waals surface area contributed by atoms with Crippen molar-refractivity contribution < 1.29 is 24.2 Å². The Hall–Kier alpha value is -2.90. The Morgan fingerprint density at radius 2 is 1.93 bits per heavy atom. The van der Waals surface area contributed by atoms with Crippen LogP contribution in [0.4, 0.5) is 11.4 Å². The maximum absolute atomic E-state index is 14.6. The predicted octanol–water partition coefficient (Wildman–Crippen LogP) is 3.75. The number of aromatic nitrogens is 3. The highest BCUT2D eigenvalue weighted by molar-refractivity contribution is 9.10. The van der Waals surface area contributed by atoms with Gasteiger partial charge >= 0.3 is 0 Å². The standard InChI is InChI=1S/C30H36BrN5O5Si/c1-19-28(42(2,3)40)26(10-13-34-18-22(12-15-37)32-33-34)41-30(19)24-16-21(31)6-9-25(24)36(29(30)39)17-20-4-7-23(8-5-20)35-14-11-27(35)38/h4-9,16,18-19,26,28,37,40H,10-15,17H2,1-3H3/t19-,26+,28-,30+/m0/s1. The van der Waals surface area contributed by atoms with Crippen LogP contribution in [-0.4, -0.2) is 64.3 Å². The highest BCUT2D eigenvalue weighted by Crippen LogP contribution is 2.60. The molecule has 0 radical (unpaired) electrons. The first-order valence-corrected chi connectivity index (χ1v) is 18.3. The summed E-state index contributed by atoms with van der Waals surface area (Å²) in [5, 5.41) is 17.5. The summed E-state index contributed by atoms with van der Waals surface area (Å²) in [6.45, 7) is 7.49. The van der Waals surface area contributed by atoms with E-state index in [1.54, 1.807) is 14.5 Å². The van der Waals surface area contributed by atoms with Gasteiger partial charge in [0, 0.05) is 65.9 Å². The maximum Gasteiger partial charge on any atom is 0.264 e. The highest BCUT2D eigenvalue weighted by atomic mass is 79.9. The third-order valence-electron chi connectivity index (χ3n) is 8.98. The van der Waals surface area contributed by atoms with Gasteiger partial charge in [0.15, 0.2) is 13.9 Å². The van der Waals surface area contributed by atoms with Gasteiger partial charge in [-0.1, -0.05) is 40.2 Å². The second-order valence-corrected chi connectivity index (χ2v) is 17.0. The van der Waals surface area contributed by atoms with Crippen molar-refractivity contribution in [2.45, 2.75) is 69.6 Å². The van der Waals surface area contributed by atoms with Crippen molar-refractivity contribution in [3.05, 3.63) is 70.0 Å². The first kappa shape index (κ1) is 29.2. The molecule has 222 valence electrons. The number of hydrogen-bond donors (Lipinski definition) is 2. The lowest BCUT2D eigenvalue weighted by Gasteiger charge is -2.32. The van der Waals surface area contributed by atoms with E-state index in [1.807, 2.05) is 68.7 Å². The van der Waals surface area contributed by atoms with Crippen molar-refractivity contribution in [3.63, 3.8) is 0 Å². The van der Waals surface area contributed by atoms with Crippen molar-refractivity contribution >= 4 is 47.4 Å². The lowest BCUT2D eigenvalue weighted by atomic mass is 9.82. The number of rotatable bonds is 9. The fourth-order valence-electron chi connectivity index (χ4n) is 6.96. The number of carbonyl (C=O) groups excluding carboxylic acids is 2. The van der Waals surface area contributed by atoms with E-state index in [9.17, 15) is 19.5 Å². The molecule has 2 N–H and O–H groups in total. The number of fused-ring (bicyclic) bond motifs is 2. The zero-order valence-corrected chi connectivity index (χ0v) is 26.6. The average Bonchev–Trinajstić information content (AvgIpc) is 3.58. The van der Waals surface area contributed by atoms with Crippen LogP contribution in [0.2, 0.25) is 18.6 Å². The fraction of sp³-hybridized carbons (Fsp3) is 0.467. The van der Waals surface area contributed by atoms with Crippen LogP contribution in [0.25, 0.3) is 0 Å². The summed E-state index contributed by atoms with van der Waals surface area (Å²) in [4.78, 5) is 41.5. The molecule has 0 aliphatic carbocycles. The summed E-state index contributed by atoms with van der Waals surface area (Å²) >= 11 is 3.61. The van der Waals surface area contributed by atoms with Gasteiger partial charge in [-0.3, -0.25) is 14.3 Å². The Morgan fingerprint density at radius 3 is 2.57 bits per heavy atom. The molecule has 3 aliphatic rings. The number of aliphatic hydroxyl groups excluding tert-OH is 1. The van der Waals surface area contributed by atoms with E-state index in [4.69, 9.17) is 4.74 Å². The van der Waals surface area contributed by atoms with Crippen LogP contribution in [0.15, 0.2) is 53.1 Å². The van der Waals surface area contributed by atoms with Crippen LogP contribution in [0.3, 0.4) is 0 Å².